The van der Waals surface area contributed by atoms with Gasteiger partial charge in [0.05, 0.1) is 11.7 Å². The van der Waals surface area contributed by atoms with Crippen LogP contribution in [0.5, 0.6) is 0 Å². The van der Waals surface area contributed by atoms with E-state index >= 15 is 0 Å². The van der Waals surface area contributed by atoms with Gasteiger partial charge in [0.2, 0.25) is 5.95 Å². The molecule has 0 radical (unpaired) electrons. The molecule has 1 aliphatic rings. The highest BCUT2D eigenvalue weighted by Crippen LogP contribution is 2.40. The number of hydrogen-bond donors (Lipinski definition) is 1. The van der Waals surface area contributed by atoms with Gasteiger partial charge in [0.15, 0.2) is 5.82 Å². The minimum atomic E-state index is 0.260. The third-order valence-corrected chi connectivity index (χ3v) is 4.37. The standard InChI is InChI=1S/C17H18N6/c1-9(2)15-10(3)21-16-13(15)6-11(7-19-16)12-4-5-23-14(12)8-20-17(18)22-23/h4-9,15H,1-3H3,(H2,18,22). The quantitative estimate of drug-likeness (QED) is 0.788. The maximum atomic E-state index is 5.64. The van der Waals surface area contributed by atoms with Gasteiger partial charge in [-0.2, -0.15) is 0 Å². The van der Waals surface area contributed by atoms with Crippen LogP contribution in [0, 0.1) is 5.92 Å². The average Bonchev–Trinajstić information content (AvgIpc) is 3.05. The number of anilines is 1. The molecule has 0 amide bonds. The van der Waals surface area contributed by atoms with E-state index in [0.717, 1.165) is 28.2 Å². The second-order valence-electron chi connectivity index (χ2n) is 6.29. The summed E-state index contributed by atoms with van der Waals surface area (Å²) < 4.78 is 1.74. The molecule has 1 unspecified atom stereocenters. The fourth-order valence-electron chi connectivity index (χ4n) is 3.41. The summed E-state index contributed by atoms with van der Waals surface area (Å²) in [6.07, 6.45) is 5.49. The van der Waals surface area contributed by atoms with Crippen LogP contribution < -0.4 is 5.73 Å². The van der Waals surface area contributed by atoms with Crippen molar-refractivity contribution < 1.29 is 0 Å². The summed E-state index contributed by atoms with van der Waals surface area (Å²) in [5, 5.41) is 4.19. The Kier molecular flexibility index (Phi) is 2.94. The normalized spacial score (nSPS) is 16.9. The van der Waals surface area contributed by atoms with Gasteiger partial charge < -0.3 is 5.73 Å². The highest BCUT2D eigenvalue weighted by atomic mass is 15.3. The van der Waals surface area contributed by atoms with Crippen LogP contribution in [-0.4, -0.2) is 25.3 Å². The van der Waals surface area contributed by atoms with Gasteiger partial charge in [-0.3, -0.25) is 0 Å². The van der Waals surface area contributed by atoms with Crippen molar-refractivity contribution in [2.24, 2.45) is 10.9 Å². The van der Waals surface area contributed by atoms with E-state index in [1.165, 1.54) is 5.56 Å². The summed E-state index contributed by atoms with van der Waals surface area (Å²) in [7, 11) is 0. The zero-order chi connectivity index (χ0) is 16.1. The molecule has 0 saturated heterocycles. The van der Waals surface area contributed by atoms with E-state index in [1.54, 1.807) is 10.7 Å². The van der Waals surface area contributed by atoms with E-state index in [4.69, 9.17) is 5.73 Å². The molecule has 0 bridgehead atoms. The number of aromatic nitrogens is 4. The van der Waals surface area contributed by atoms with Gasteiger partial charge >= 0.3 is 0 Å². The lowest BCUT2D eigenvalue weighted by Crippen LogP contribution is -2.11. The Bertz CT molecular complexity index is 937. The van der Waals surface area contributed by atoms with E-state index in [-0.39, 0.29) is 5.95 Å². The van der Waals surface area contributed by atoms with Crippen molar-refractivity contribution in [3.63, 3.8) is 0 Å². The summed E-state index contributed by atoms with van der Waals surface area (Å²) in [6, 6.07) is 4.21. The Hall–Kier alpha value is -2.76. The summed E-state index contributed by atoms with van der Waals surface area (Å²) >= 11 is 0. The average molecular weight is 306 g/mol. The predicted molar refractivity (Wildman–Crippen MR) is 91.0 cm³/mol. The van der Waals surface area contributed by atoms with E-state index < -0.39 is 0 Å². The van der Waals surface area contributed by atoms with Crippen LogP contribution in [0.1, 0.15) is 32.3 Å². The van der Waals surface area contributed by atoms with Crippen molar-refractivity contribution in [3.05, 3.63) is 36.3 Å². The molecule has 116 valence electrons. The Morgan fingerprint density at radius 1 is 1.22 bits per heavy atom. The topological polar surface area (TPSA) is 81.5 Å². The molecule has 6 heteroatoms. The van der Waals surface area contributed by atoms with Crippen molar-refractivity contribution in [1.82, 2.24) is 19.6 Å². The second-order valence-corrected chi connectivity index (χ2v) is 6.29. The van der Waals surface area contributed by atoms with Gasteiger partial charge in [-0.25, -0.2) is 19.5 Å². The predicted octanol–water partition coefficient (Wildman–Crippen LogP) is 3.22. The molecule has 2 N–H and O–H groups in total. The molecule has 1 atom stereocenters. The second kappa shape index (κ2) is 4.87. The van der Waals surface area contributed by atoms with E-state index in [1.807, 2.05) is 18.5 Å². The number of aliphatic imine (C=N–C) groups is 1. The lowest BCUT2D eigenvalue weighted by molar-refractivity contribution is 0.608. The van der Waals surface area contributed by atoms with Crippen LogP contribution in [-0.2, 0) is 0 Å². The van der Waals surface area contributed by atoms with Crippen LogP contribution in [0.15, 0.2) is 35.7 Å². The van der Waals surface area contributed by atoms with Crippen LogP contribution in [0.3, 0.4) is 0 Å². The first-order valence-electron chi connectivity index (χ1n) is 7.70. The molecule has 3 aromatic rings. The van der Waals surface area contributed by atoms with E-state index in [2.05, 4.69) is 46.9 Å². The Labute approximate surface area is 134 Å². The fraction of sp³-hybridized carbons (Fsp3) is 0.294. The Morgan fingerprint density at radius 2 is 2.04 bits per heavy atom. The van der Waals surface area contributed by atoms with E-state index in [9.17, 15) is 0 Å². The maximum Gasteiger partial charge on any atom is 0.238 e. The molecule has 1 aliphatic heterocycles. The molecule has 0 spiro atoms. The minimum Gasteiger partial charge on any atom is -0.367 e. The van der Waals surface area contributed by atoms with Crippen LogP contribution in [0.4, 0.5) is 11.8 Å². The molecular formula is C17H18N6. The van der Waals surface area contributed by atoms with E-state index in [0.29, 0.717) is 11.8 Å². The Morgan fingerprint density at radius 3 is 2.83 bits per heavy atom. The van der Waals surface area contributed by atoms with Gasteiger partial charge in [-0.1, -0.05) is 13.8 Å². The lowest BCUT2D eigenvalue weighted by atomic mass is 9.86. The molecule has 3 aromatic heterocycles. The van der Waals surface area contributed by atoms with Crippen molar-refractivity contribution in [3.8, 4) is 11.1 Å². The molecule has 4 heterocycles. The van der Waals surface area contributed by atoms with Crippen molar-refractivity contribution in [2.45, 2.75) is 26.7 Å². The molecule has 23 heavy (non-hydrogen) atoms. The van der Waals surface area contributed by atoms with Crippen LogP contribution in [0.25, 0.3) is 16.6 Å². The molecule has 0 aliphatic carbocycles. The monoisotopic (exact) mass is 306 g/mol. The molecule has 0 fully saturated rings. The van der Waals surface area contributed by atoms with Gasteiger partial charge in [0.1, 0.15) is 0 Å². The maximum absolute atomic E-state index is 5.64. The van der Waals surface area contributed by atoms with Gasteiger partial charge in [-0.05, 0) is 25.0 Å². The summed E-state index contributed by atoms with van der Waals surface area (Å²) in [5.41, 5.74) is 11.0. The molecule has 6 nitrogen and oxygen atoms in total. The number of rotatable bonds is 2. The number of nitrogen functional groups attached to an aromatic ring is 1. The summed E-state index contributed by atoms with van der Waals surface area (Å²) in [6.45, 7) is 6.52. The highest BCUT2D eigenvalue weighted by Gasteiger charge is 2.28. The number of pyridine rings is 1. The summed E-state index contributed by atoms with van der Waals surface area (Å²) in [4.78, 5) is 13.3. The first-order chi connectivity index (χ1) is 11.0. The van der Waals surface area contributed by atoms with Gasteiger partial charge in [-0.15, -0.1) is 5.10 Å². The summed E-state index contributed by atoms with van der Waals surface area (Å²) in [5.74, 6) is 1.92. The smallest absolute Gasteiger partial charge is 0.238 e. The zero-order valence-corrected chi connectivity index (χ0v) is 13.4. The molecule has 0 aromatic carbocycles. The van der Waals surface area contributed by atoms with Crippen LogP contribution in [0.2, 0.25) is 0 Å². The Balaban J connectivity index is 1.85. The number of nitrogens with zero attached hydrogens (tertiary/aromatic N) is 5. The molecule has 0 saturated carbocycles. The van der Waals surface area contributed by atoms with Gasteiger partial charge in [0, 0.05) is 40.7 Å². The SMILES string of the molecule is CC1=Nc2ncc(-c3ccn4nc(N)ncc34)cc2C1C(C)C. The minimum absolute atomic E-state index is 0.260. The van der Waals surface area contributed by atoms with Crippen molar-refractivity contribution in [1.29, 1.82) is 0 Å². The molecular weight excluding hydrogens is 288 g/mol. The van der Waals surface area contributed by atoms with Crippen LogP contribution >= 0.6 is 0 Å². The zero-order valence-electron chi connectivity index (χ0n) is 13.4. The number of hydrogen-bond acceptors (Lipinski definition) is 5. The first-order valence-corrected chi connectivity index (χ1v) is 7.70. The number of nitrogens with two attached hydrogens (primary N) is 1. The molecule has 4 rings (SSSR count). The third kappa shape index (κ3) is 2.10. The first kappa shape index (κ1) is 13.9. The number of fused-ring (bicyclic) bond motifs is 2. The van der Waals surface area contributed by atoms with Crippen molar-refractivity contribution in [2.75, 3.05) is 5.73 Å². The highest BCUT2D eigenvalue weighted by molar-refractivity contribution is 5.96. The van der Waals surface area contributed by atoms with Crippen molar-refractivity contribution >= 4 is 23.0 Å². The largest absolute Gasteiger partial charge is 0.367 e. The fourth-order valence-corrected chi connectivity index (χ4v) is 3.41. The van der Waals surface area contributed by atoms with Gasteiger partial charge in [0.25, 0.3) is 0 Å². The lowest BCUT2D eigenvalue weighted by Gasteiger charge is -2.16. The third-order valence-electron chi connectivity index (χ3n) is 4.37.